The topological polar surface area (TPSA) is 15.3 Å². The van der Waals surface area contributed by atoms with Crippen LogP contribution in [0.2, 0.25) is 0 Å². The van der Waals surface area contributed by atoms with E-state index in [0.717, 1.165) is 12.0 Å². The molecule has 1 saturated heterocycles. The summed E-state index contributed by atoms with van der Waals surface area (Å²) in [5.41, 5.74) is 1.42. The lowest BCUT2D eigenvalue weighted by molar-refractivity contribution is 0.152. The van der Waals surface area contributed by atoms with Crippen LogP contribution in [0.1, 0.15) is 50.6 Å². The molecule has 1 aliphatic carbocycles. The fourth-order valence-electron chi connectivity index (χ4n) is 4.65. The van der Waals surface area contributed by atoms with E-state index >= 15 is 0 Å². The summed E-state index contributed by atoms with van der Waals surface area (Å²) in [6.45, 7) is 4.97. The fourth-order valence-corrected chi connectivity index (χ4v) is 4.65. The molecule has 0 amide bonds. The van der Waals surface area contributed by atoms with Crippen molar-refractivity contribution in [2.24, 2.45) is 11.8 Å². The molecule has 1 aromatic carbocycles. The van der Waals surface area contributed by atoms with Gasteiger partial charge < -0.3 is 5.32 Å². The van der Waals surface area contributed by atoms with Gasteiger partial charge in [0.25, 0.3) is 0 Å². The second kappa shape index (κ2) is 6.93. The van der Waals surface area contributed by atoms with Crippen LogP contribution in [0.15, 0.2) is 30.3 Å². The Morgan fingerprint density at radius 2 is 1.90 bits per heavy atom. The van der Waals surface area contributed by atoms with Crippen LogP contribution in [0.4, 0.5) is 0 Å². The van der Waals surface area contributed by atoms with Gasteiger partial charge in [-0.2, -0.15) is 0 Å². The van der Waals surface area contributed by atoms with Gasteiger partial charge in [0.15, 0.2) is 0 Å². The maximum atomic E-state index is 3.54. The molecule has 1 aliphatic heterocycles. The van der Waals surface area contributed by atoms with E-state index in [1.54, 1.807) is 0 Å². The fraction of sp³-hybridized carbons (Fsp3) is 0.684. The van der Waals surface area contributed by atoms with Crippen molar-refractivity contribution in [1.29, 1.82) is 0 Å². The van der Waals surface area contributed by atoms with Crippen LogP contribution in [0.25, 0.3) is 0 Å². The van der Waals surface area contributed by atoms with E-state index in [0.29, 0.717) is 12.0 Å². The lowest BCUT2D eigenvalue weighted by atomic mass is 9.85. The van der Waals surface area contributed by atoms with Gasteiger partial charge in [-0.05, 0) is 50.3 Å². The first-order valence-corrected chi connectivity index (χ1v) is 8.76. The van der Waals surface area contributed by atoms with E-state index in [1.807, 2.05) is 0 Å². The molecule has 3 rings (SSSR count). The molecule has 2 nitrogen and oxygen atoms in total. The number of nitrogens with zero attached hydrogens (tertiary/aromatic N) is 1. The predicted octanol–water partition coefficient (Wildman–Crippen LogP) is 3.85. The minimum atomic E-state index is 0.467. The van der Waals surface area contributed by atoms with Crippen LogP contribution in [-0.4, -0.2) is 31.1 Å². The number of nitrogens with one attached hydrogen (secondary N) is 1. The number of hydrogen-bond donors (Lipinski definition) is 1. The second-order valence-corrected chi connectivity index (χ2v) is 7.05. The summed E-state index contributed by atoms with van der Waals surface area (Å²) in [4.78, 5) is 2.79. The Hall–Kier alpha value is -0.860. The number of rotatable bonds is 5. The van der Waals surface area contributed by atoms with Crippen molar-refractivity contribution in [2.45, 2.75) is 51.1 Å². The highest BCUT2D eigenvalue weighted by Gasteiger charge is 2.36. The summed E-state index contributed by atoms with van der Waals surface area (Å²) >= 11 is 0. The second-order valence-electron chi connectivity index (χ2n) is 7.05. The van der Waals surface area contributed by atoms with Crippen molar-refractivity contribution in [3.63, 3.8) is 0 Å². The molecular weight excluding hydrogens is 256 g/mol. The molecule has 0 bridgehead atoms. The lowest BCUT2D eigenvalue weighted by Gasteiger charge is -2.35. The summed E-state index contributed by atoms with van der Waals surface area (Å²) in [6, 6.07) is 12.3. The molecule has 0 aromatic heterocycles. The normalized spacial score (nSPS) is 29.0. The van der Waals surface area contributed by atoms with Crippen LogP contribution in [-0.2, 0) is 0 Å². The molecule has 1 saturated carbocycles. The Bertz CT molecular complexity index is 430. The Kier molecular flexibility index (Phi) is 4.97. The number of likely N-dealkylation sites (tertiary alicyclic amines) is 1. The van der Waals surface area contributed by atoms with Crippen molar-refractivity contribution < 1.29 is 0 Å². The van der Waals surface area contributed by atoms with Crippen LogP contribution >= 0.6 is 0 Å². The summed E-state index contributed by atoms with van der Waals surface area (Å²) in [5.74, 6) is 1.65. The third-order valence-corrected chi connectivity index (χ3v) is 5.69. The van der Waals surface area contributed by atoms with Gasteiger partial charge in [0.1, 0.15) is 0 Å². The average Bonchev–Trinajstić information content (AvgIpc) is 2.92. The Labute approximate surface area is 129 Å². The summed E-state index contributed by atoms with van der Waals surface area (Å²) in [5, 5.41) is 3.54. The monoisotopic (exact) mass is 286 g/mol. The molecule has 0 spiro atoms. The van der Waals surface area contributed by atoms with Gasteiger partial charge in [0.05, 0.1) is 0 Å². The third kappa shape index (κ3) is 3.32. The lowest BCUT2D eigenvalue weighted by Crippen LogP contribution is -2.40. The number of hydrogen-bond acceptors (Lipinski definition) is 2. The largest absolute Gasteiger partial charge is 0.313 e. The van der Waals surface area contributed by atoms with Crippen molar-refractivity contribution in [3.8, 4) is 0 Å². The molecule has 2 heteroatoms. The third-order valence-electron chi connectivity index (χ3n) is 5.69. The van der Waals surface area contributed by atoms with Crippen LogP contribution in [0, 0.1) is 11.8 Å². The summed E-state index contributed by atoms with van der Waals surface area (Å²) in [7, 11) is 2.10. The van der Waals surface area contributed by atoms with Gasteiger partial charge in [-0.3, -0.25) is 4.90 Å². The highest BCUT2D eigenvalue weighted by molar-refractivity contribution is 5.19. The summed E-state index contributed by atoms with van der Waals surface area (Å²) < 4.78 is 0. The Morgan fingerprint density at radius 3 is 2.67 bits per heavy atom. The molecular formula is C19H30N2. The van der Waals surface area contributed by atoms with Gasteiger partial charge >= 0.3 is 0 Å². The van der Waals surface area contributed by atoms with Gasteiger partial charge in [0, 0.05) is 18.6 Å². The van der Waals surface area contributed by atoms with Crippen molar-refractivity contribution in [2.75, 3.05) is 20.1 Å². The minimum absolute atomic E-state index is 0.467. The van der Waals surface area contributed by atoms with Gasteiger partial charge in [0.2, 0.25) is 0 Å². The Balaban J connectivity index is 1.63. The quantitative estimate of drug-likeness (QED) is 0.884. The van der Waals surface area contributed by atoms with E-state index in [9.17, 15) is 0 Å². The van der Waals surface area contributed by atoms with Gasteiger partial charge in [-0.1, -0.05) is 50.1 Å². The number of benzene rings is 1. The van der Waals surface area contributed by atoms with E-state index in [1.165, 1.54) is 50.8 Å². The molecule has 2 fully saturated rings. The van der Waals surface area contributed by atoms with Gasteiger partial charge in [-0.25, -0.2) is 0 Å². The van der Waals surface area contributed by atoms with Gasteiger partial charge in [-0.15, -0.1) is 0 Å². The smallest absolute Gasteiger partial charge is 0.0355 e. The van der Waals surface area contributed by atoms with E-state index in [-0.39, 0.29) is 0 Å². The maximum Gasteiger partial charge on any atom is 0.0355 e. The van der Waals surface area contributed by atoms with E-state index < -0.39 is 0 Å². The first-order chi connectivity index (χ1) is 10.3. The van der Waals surface area contributed by atoms with Crippen LogP contribution in [0.5, 0.6) is 0 Å². The van der Waals surface area contributed by atoms with Crippen molar-refractivity contribution >= 4 is 0 Å². The molecule has 21 heavy (non-hydrogen) atoms. The zero-order chi connectivity index (χ0) is 14.7. The zero-order valence-corrected chi connectivity index (χ0v) is 13.6. The first kappa shape index (κ1) is 15.1. The zero-order valence-electron chi connectivity index (χ0n) is 13.6. The van der Waals surface area contributed by atoms with Crippen molar-refractivity contribution in [3.05, 3.63) is 35.9 Å². The minimum Gasteiger partial charge on any atom is -0.313 e. The number of fused-ring (bicyclic) bond motifs is 1. The van der Waals surface area contributed by atoms with Crippen LogP contribution < -0.4 is 5.32 Å². The maximum absolute atomic E-state index is 3.54. The molecule has 4 atom stereocenters. The average molecular weight is 286 g/mol. The van der Waals surface area contributed by atoms with E-state index in [2.05, 4.69) is 54.5 Å². The predicted molar refractivity (Wildman–Crippen MR) is 89.3 cm³/mol. The molecule has 1 aromatic rings. The van der Waals surface area contributed by atoms with Crippen LogP contribution in [0.3, 0.4) is 0 Å². The molecule has 1 N–H and O–H groups in total. The molecule has 4 unspecified atom stereocenters. The Morgan fingerprint density at radius 1 is 1.14 bits per heavy atom. The highest BCUT2D eigenvalue weighted by Crippen LogP contribution is 2.37. The molecule has 2 aliphatic rings. The van der Waals surface area contributed by atoms with Crippen molar-refractivity contribution in [1.82, 2.24) is 10.2 Å². The first-order valence-electron chi connectivity index (χ1n) is 8.76. The molecule has 1 heterocycles. The summed E-state index contributed by atoms with van der Waals surface area (Å²) in [6.07, 6.45) is 7.26. The van der Waals surface area contributed by atoms with E-state index in [4.69, 9.17) is 0 Å². The SMILES string of the molecule is CNC(c1ccccc1)C(C)CN1CCC2CCCCC21. The molecule has 0 radical (unpaired) electrons. The standard InChI is InChI=1S/C19H30N2/c1-15(19(20-2)17-9-4-3-5-10-17)14-21-13-12-16-8-6-7-11-18(16)21/h3-5,9-10,15-16,18-20H,6-8,11-14H2,1-2H3. The highest BCUT2D eigenvalue weighted by atomic mass is 15.2. The molecule has 116 valence electrons.